The average Bonchev–Trinajstić information content (AvgIpc) is 2.68. The molecule has 4 nitrogen and oxygen atoms in total. The third kappa shape index (κ3) is 4.21. The molecule has 2 heterocycles. The highest BCUT2D eigenvalue weighted by Crippen LogP contribution is 2.21. The van der Waals surface area contributed by atoms with Crippen molar-refractivity contribution in [3.8, 4) is 0 Å². The van der Waals surface area contributed by atoms with Gasteiger partial charge in [0, 0.05) is 12.6 Å². The third-order valence-corrected chi connectivity index (χ3v) is 5.95. The summed E-state index contributed by atoms with van der Waals surface area (Å²) in [7, 11) is -2.71. The van der Waals surface area contributed by atoms with E-state index in [0.29, 0.717) is 23.5 Å². The van der Waals surface area contributed by atoms with E-state index in [1.807, 2.05) is 0 Å². The van der Waals surface area contributed by atoms with Crippen LogP contribution >= 0.6 is 0 Å². The largest absolute Gasteiger partial charge is 0.314 e. The van der Waals surface area contributed by atoms with Crippen LogP contribution in [0.15, 0.2) is 0 Å². The van der Waals surface area contributed by atoms with Crippen molar-refractivity contribution in [2.45, 2.75) is 38.6 Å². The second kappa shape index (κ2) is 6.35. The van der Waals surface area contributed by atoms with Crippen molar-refractivity contribution in [1.82, 2.24) is 10.2 Å². The van der Waals surface area contributed by atoms with Gasteiger partial charge in [-0.05, 0) is 51.2 Å². The van der Waals surface area contributed by atoms with Crippen LogP contribution in [-0.4, -0.2) is 57.0 Å². The first-order valence-electron chi connectivity index (χ1n) is 7.25. The molecule has 0 aromatic rings. The van der Waals surface area contributed by atoms with Gasteiger partial charge in [0.25, 0.3) is 0 Å². The molecule has 18 heavy (non-hydrogen) atoms. The van der Waals surface area contributed by atoms with E-state index in [-0.39, 0.29) is 0 Å². The van der Waals surface area contributed by atoms with Gasteiger partial charge in [-0.3, -0.25) is 0 Å². The van der Waals surface area contributed by atoms with Gasteiger partial charge in [-0.1, -0.05) is 6.92 Å². The number of hydrogen-bond donors (Lipinski definition) is 1. The molecule has 1 N–H and O–H groups in total. The summed E-state index contributed by atoms with van der Waals surface area (Å²) >= 11 is 0. The molecular weight excluding hydrogens is 248 g/mol. The van der Waals surface area contributed by atoms with Gasteiger partial charge in [0.05, 0.1) is 11.5 Å². The molecule has 0 aromatic carbocycles. The molecule has 0 bridgehead atoms. The van der Waals surface area contributed by atoms with Crippen molar-refractivity contribution >= 4 is 9.84 Å². The minimum atomic E-state index is -2.71. The van der Waals surface area contributed by atoms with Crippen molar-refractivity contribution in [3.63, 3.8) is 0 Å². The van der Waals surface area contributed by atoms with Crippen LogP contribution in [0.5, 0.6) is 0 Å². The van der Waals surface area contributed by atoms with Gasteiger partial charge in [0.1, 0.15) is 0 Å². The lowest BCUT2D eigenvalue weighted by Gasteiger charge is -2.33. The smallest absolute Gasteiger partial charge is 0.150 e. The molecule has 5 heteroatoms. The van der Waals surface area contributed by atoms with Crippen molar-refractivity contribution in [2.24, 2.45) is 5.92 Å². The molecule has 0 saturated carbocycles. The van der Waals surface area contributed by atoms with Gasteiger partial charge in [-0.15, -0.1) is 0 Å². The highest BCUT2D eigenvalue weighted by Gasteiger charge is 2.30. The second-order valence-electron chi connectivity index (χ2n) is 5.80. The predicted molar refractivity (Wildman–Crippen MR) is 74.5 cm³/mol. The molecule has 1 unspecified atom stereocenters. The molecule has 0 aliphatic carbocycles. The number of nitrogens with one attached hydrogen (secondary N) is 1. The molecule has 2 aliphatic rings. The van der Waals surface area contributed by atoms with Crippen molar-refractivity contribution in [1.29, 1.82) is 0 Å². The predicted octanol–water partition coefficient (Wildman–Crippen LogP) is 0.885. The van der Waals surface area contributed by atoms with E-state index in [1.165, 1.54) is 19.3 Å². The van der Waals surface area contributed by atoms with Gasteiger partial charge in [0.15, 0.2) is 9.84 Å². The Kier molecular flexibility index (Phi) is 5.04. The molecule has 0 aromatic heterocycles. The number of rotatable bonds is 5. The molecule has 2 fully saturated rings. The van der Waals surface area contributed by atoms with Gasteiger partial charge < -0.3 is 10.2 Å². The maximum Gasteiger partial charge on any atom is 0.150 e. The fraction of sp³-hybridized carbons (Fsp3) is 1.00. The summed E-state index contributed by atoms with van der Waals surface area (Å²) in [6.07, 6.45) is 4.48. The van der Waals surface area contributed by atoms with Crippen LogP contribution in [0.4, 0.5) is 0 Å². The Labute approximate surface area is 111 Å². The quantitative estimate of drug-likeness (QED) is 0.809. The Balaban J connectivity index is 1.68. The molecule has 0 spiro atoms. The highest BCUT2D eigenvalue weighted by molar-refractivity contribution is 7.91. The van der Waals surface area contributed by atoms with Crippen LogP contribution in [0.3, 0.4) is 0 Å². The zero-order valence-electron chi connectivity index (χ0n) is 11.4. The Morgan fingerprint density at radius 3 is 2.50 bits per heavy atom. The van der Waals surface area contributed by atoms with Gasteiger partial charge >= 0.3 is 0 Å². The topological polar surface area (TPSA) is 49.4 Å². The normalized spacial score (nSPS) is 29.7. The van der Waals surface area contributed by atoms with Crippen LogP contribution in [-0.2, 0) is 9.84 Å². The van der Waals surface area contributed by atoms with E-state index < -0.39 is 9.84 Å². The maximum absolute atomic E-state index is 11.4. The second-order valence-corrected chi connectivity index (χ2v) is 8.03. The lowest BCUT2D eigenvalue weighted by atomic mass is 10.0. The van der Waals surface area contributed by atoms with E-state index in [4.69, 9.17) is 0 Å². The van der Waals surface area contributed by atoms with Crippen LogP contribution in [0.1, 0.15) is 32.6 Å². The number of likely N-dealkylation sites (tertiary alicyclic amines) is 1. The van der Waals surface area contributed by atoms with Crippen molar-refractivity contribution in [2.75, 3.05) is 37.7 Å². The Bertz CT molecular complexity index is 348. The van der Waals surface area contributed by atoms with Gasteiger partial charge in [-0.25, -0.2) is 8.42 Å². The lowest BCUT2D eigenvalue weighted by molar-refractivity contribution is 0.177. The van der Waals surface area contributed by atoms with Crippen LogP contribution in [0, 0.1) is 5.92 Å². The van der Waals surface area contributed by atoms with E-state index >= 15 is 0 Å². The summed E-state index contributed by atoms with van der Waals surface area (Å²) < 4.78 is 22.8. The number of sulfone groups is 1. The number of nitrogens with zero attached hydrogens (tertiary/aromatic N) is 1. The monoisotopic (exact) mass is 274 g/mol. The number of piperidine rings is 1. The highest BCUT2D eigenvalue weighted by atomic mass is 32.2. The summed E-state index contributed by atoms with van der Waals surface area (Å²) in [6.45, 7) is 6.55. The summed E-state index contributed by atoms with van der Waals surface area (Å²) in [5.74, 6) is 1.21. The Hall–Kier alpha value is -0.130. The molecule has 1 atom stereocenters. The third-order valence-electron chi connectivity index (χ3n) is 4.11. The molecule has 106 valence electrons. The molecule has 0 amide bonds. The summed E-state index contributed by atoms with van der Waals surface area (Å²) in [5, 5.41) is 3.58. The van der Waals surface area contributed by atoms with Crippen LogP contribution < -0.4 is 5.32 Å². The zero-order chi connectivity index (χ0) is 13.0. The number of hydrogen-bond acceptors (Lipinski definition) is 4. The van der Waals surface area contributed by atoms with Gasteiger partial charge in [-0.2, -0.15) is 0 Å². The molecular formula is C13H26N2O2S. The van der Waals surface area contributed by atoms with Crippen LogP contribution in [0.25, 0.3) is 0 Å². The first-order chi connectivity index (χ1) is 8.59. The first-order valence-corrected chi connectivity index (χ1v) is 9.07. The first kappa shape index (κ1) is 14.3. The zero-order valence-corrected chi connectivity index (χ0v) is 12.2. The summed E-state index contributed by atoms with van der Waals surface area (Å²) in [4.78, 5) is 2.45. The van der Waals surface area contributed by atoms with Crippen LogP contribution in [0.2, 0.25) is 0 Å². The molecule has 2 aliphatic heterocycles. The van der Waals surface area contributed by atoms with Gasteiger partial charge in [0.2, 0.25) is 0 Å². The average molecular weight is 274 g/mol. The van der Waals surface area contributed by atoms with E-state index in [2.05, 4.69) is 17.1 Å². The Morgan fingerprint density at radius 2 is 1.94 bits per heavy atom. The Morgan fingerprint density at radius 1 is 1.22 bits per heavy atom. The minimum Gasteiger partial charge on any atom is -0.314 e. The molecule has 2 rings (SSSR count). The van der Waals surface area contributed by atoms with E-state index in [9.17, 15) is 8.42 Å². The standard InChI is InChI=1S/C13H26N2O2S/c1-2-6-14-13-3-7-15(8-4-13)10-12-5-9-18(16,17)11-12/h12-14H,2-11H2,1H3. The summed E-state index contributed by atoms with van der Waals surface area (Å²) in [6, 6.07) is 0.675. The van der Waals surface area contributed by atoms with Crippen molar-refractivity contribution in [3.05, 3.63) is 0 Å². The maximum atomic E-state index is 11.4. The SMILES string of the molecule is CCCNC1CCN(CC2CCS(=O)(=O)C2)CC1. The van der Waals surface area contributed by atoms with E-state index in [0.717, 1.165) is 32.6 Å². The lowest BCUT2D eigenvalue weighted by Crippen LogP contribution is -2.44. The molecule has 0 radical (unpaired) electrons. The summed E-state index contributed by atoms with van der Waals surface area (Å²) in [5.41, 5.74) is 0. The minimum absolute atomic E-state index is 0.384. The molecule has 2 saturated heterocycles. The fourth-order valence-corrected chi connectivity index (χ4v) is 4.90. The van der Waals surface area contributed by atoms with E-state index in [1.54, 1.807) is 0 Å². The fourth-order valence-electron chi connectivity index (χ4n) is 3.05. The van der Waals surface area contributed by atoms with Crippen molar-refractivity contribution < 1.29 is 8.42 Å².